The average Bonchev–Trinajstić information content (AvgIpc) is 2.96. The van der Waals surface area contributed by atoms with Gasteiger partial charge in [-0.15, -0.1) is 0 Å². The second kappa shape index (κ2) is 12.7. The van der Waals surface area contributed by atoms with E-state index < -0.39 is 34.5 Å². The lowest BCUT2D eigenvalue weighted by Crippen LogP contribution is -2.48. The van der Waals surface area contributed by atoms with Crippen LogP contribution in [-0.4, -0.2) is 63.4 Å². The number of esters is 1. The summed E-state index contributed by atoms with van der Waals surface area (Å²) in [5, 5.41) is 4.55. The molecule has 4 rings (SSSR count). The number of urea groups is 1. The highest BCUT2D eigenvalue weighted by molar-refractivity contribution is 7.89. The molecule has 1 aliphatic heterocycles. The molecule has 0 radical (unpaired) electrons. The largest absolute Gasteiger partial charge is 0.452 e. The van der Waals surface area contributed by atoms with Crippen LogP contribution < -0.4 is 15.5 Å². The topological polar surface area (TPSA) is 125 Å². The number of carbonyl (C=O) groups is 3. The number of para-hydroxylation sites is 1. The highest BCUT2D eigenvalue weighted by Gasteiger charge is 2.30. The molecule has 10 nitrogen and oxygen atoms in total. The monoisotopic (exact) mass is 570 g/mol. The predicted molar refractivity (Wildman–Crippen MR) is 146 cm³/mol. The molecular weight excluding hydrogens is 544 g/mol. The standard InChI is InChI=1S/C27H27ClN4O6S/c28-24-12-11-22(39(36,37)32-15-13-31(14-16-32)21-9-5-2-6-10-21)17-23(24)26(34)38-19-25(33)30-27(35)29-18-20-7-3-1-4-8-20/h1-12,17H,13-16,18-19H2,(H2,29,30,33,35). The van der Waals surface area contributed by atoms with Crippen molar-refractivity contribution in [2.75, 3.05) is 37.7 Å². The molecule has 1 fully saturated rings. The Bertz CT molecular complexity index is 1430. The van der Waals surface area contributed by atoms with E-state index in [-0.39, 0.29) is 35.1 Å². The maximum Gasteiger partial charge on any atom is 0.340 e. The van der Waals surface area contributed by atoms with Crippen LogP contribution in [0.15, 0.2) is 83.8 Å². The van der Waals surface area contributed by atoms with Crippen molar-refractivity contribution >= 4 is 45.2 Å². The lowest BCUT2D eigenvalue weighted by Gasteiger charge is -2.35. The van der Waals surface area contributed by atoms with Crippen molar-refractivity contribution < 1.29 is 27.5 Å². The number of amides is 3. The SMILES string of the molecule is O=C(COC(=O)c1cc(S(=O)(=O)N2CCN(c3ccccc3)CC2)ccc1Cl)NC(=O)NCc1ccccc1. The number of rotatable bonds is 8. The van der Waals surface area contributed by atoms with Crippen molar-refractivity contribution in [2.24, 2.45) is 0 Å². The summed E-state index contributed by atoms with van der Waals surface area (Å²) in [5.41, 5.74) is 1.65. The van der Waals surface area contributed by atoms with Gasteiger partial charge in [0.1, 0.15) is 0 Å². The Hall–Kier alpha value is -3.93. The van der Waals surface area contributed by atoms with Gasteiger partial charge in [-0.2, -0.15) is 4.31 Å². The zero-order chi connectivity index (χ0) is 27.8. The first kappa shape index (κ1) is 28.1. The number of imide groups is 1. The number of anilines is 1. The van der Waals surface area contributed by atoms with E-state index in [0.29, 0.717) is 13.1 Å². The maximum absolute atomic E-state index is 13.3. The molecule has 12 heteroatoms. The first-order valence-corrected chi connectivity index (χ1v) is 13.9. The van der Waals surface area contributed by atoms with Gasteiger partial charge in [0.25, 0.3) is 5.91 Å². The molecule has 3 aromatic carbocycles. The van der Waals surface area contributed by atoms with Gasteiger partial charge in [0.15, 0.2) is 6.61 Å². The van der Waals surface area contributed by atoms with E-state index in [1.54, 1.807) is 0 Å². The quantitative estimate of drug-likeness (QED) is 0.399. The normalized spacial score (nSPS) is 13.9. The Morgan fingerprint density at radius 3 is 2.18 bits per heavy atom. The number of hydrogen-bond acceptors (Lipinski definition) is 7. The van der Waals surface area contributed by atoms with Crippen LogP contribution in [0.4, 0.5) is 10.5 Å². The maximum atomic E-state index is 13.3. The van der Waals surface area contributed by atoms with Gasteiger partial charge in [0.05, 0.1) is 15.5 Å². The number of halogens is 1. The van der Waals surface area contributed by atoms with E-state index >= 15 is 0 Å². The molecule has 1 heterocycles. The van der Waals surface area contributed by atoms with Crippen LogP contribution in [0, 0.1) is 0 Å². The van der Waals surface area contributed by atoms with Crippen LogP contribution >= 0.6 is 11.6 Å². The summed E-state index contributed by atoms with van der Waals surface area (Å²) in [6, 6.07) is 21.8. The molecule has 39 heavy (non-hydrogen) atoms. The molecule has 3 aromatic rings. The van der Waals surface area contributed by atoms with Crippen molar-refractivity contribution in [3.8, 4) is 0 Å². The number of hydrogen-bond donors (Lipinski definition) is 2. The van der Waals surface area contributed by atoms with Gasteiger partial charge in [0.2, 0.25) is 10.0 Å². The van der Waals surface area contributed by atoms with Crippen LogP contribution in [-0.2, 0) is 26.1 Å². The Morgan fingerprint density at radius 2 is 1.51 bits per heavy atom. The first-order chi connectivity index (χ1) is 18.7. The highest BCUT2D eigenvalue weighted by atomic mass is 35.5. The first-order valence-electron chi connectivity index (χ1n) is 12.1. The summed E-state index contributed by atoms with van der Waals surface area (Å²) in [7, 11) is -3.91. The number of ether oxygens (including phenoxy) is 1. The fourth-order valence-electron chi connectivity index (χ4n) is 3.99. The molecule has 204 valence electrons. The van der Waals surface area contributed by atoms with Crippen molar-refractivity contribution in [1.29, 1.82) is 0 Å². The van der Waals surface area contributed by atoms with Crippen LogP contribution in [0.3, 0.4) is 0 Å². The van der Waals surface area contributed by atoms with Crippen molar-refractivity contribution in [1.82, 2.24) is 14.9 Å². The van der Waals surface area contributed by atoms with E-state index in [2.05, 4.69) is 15.5 Å². The fourth-order valence-corrected chi connectivity index (χ4v) is 5.63. The van der Waals surface area contributed by atoms with Gasteiger partial charge < -0.3 is 15.0 Å². The molecular formula is C27H27ClN4O6S. The number of nitrogens with one attached hydrogen (secondary N) is 2. The van der Waals surface area contributed by atoms with Gasteiger partial charge >= 0.3 is 12.0 Å². The van der Waals surface area contributed by atoms with E-state index in [1.807, 2.05) is 60.7 Å². The van der Waals surface area contributed by atoms with Crippen LogP contribution in [0.1, 0.15) is 15.9 Å². The molecule has 0 atom stereocenters. The molecule has 1 saturated heterocycles. The minimum Gasteiger partial charge on any atom is -0.452 e. The molecule has 0 bridgehead atoms. The predicted octanol–water partition coefficient (Wildman–Crippen LogP) is 3.03. The second-order valence-corrected chi connectivity index (χ2v) is 11.0. The Labute approximate surface area is 231 Å². The number of carbonyl (C=O) groups excluding carboxylic acids is 3. The number of nitrogens with zero attached hydrogens (tertiary/aromatic N) is 2. The van der Waals surface area contributed by atoms with Crippen LogP contribution in [0.5, 0.6) is 0 Å². The Balaban J connectivity index is 1.32. The van der Waals surface area contributed by atoms with E-state index in [4.69, 9.17) is 16.3 Å². The third-order valence-electron chi connectivity index (χ3n) is 6.04. The Morgan fingerprint density at radius 1 is 0.872 bits per heavy atom. The molecule has 0 aliphatic carbocycles. The van der Waals surface area contributed by atoms with E-state index in [9.17, 15) is 22.8 Å². The van der Waals surface area contributed by atoms with E-state index in [1.165, 1.54) is 16.4 Å². The van der Waals surface area contributed by atoms with Crippen molar-refractivity contribution in [2.45, 2.75) is 11.4 Å². The van der Waals surface area contributed by atoms with Crippen LogP contribution in [0.2, 0.25) is 5.02 Å². The van der Waals surface area contributed by atoms with Gasteiger partial charge in [-0.25, -0.2) is 18.0 Å². The fraction of sp³-hybridized carbons (Fsp3) is 0.222. The minimum atomic E-state index is -3.91. The molecule has 1 aliphatic rings. The lowest BCUT2D eigenvalue weighted by molar-refractivity contribution is -0.123. The van der Waals surface area contributed by atoms with Crippen LogP contribution in [0.25, 0.3) is 0 Å². The number of benzene rings is 3. The number of piperazine rings is 1. The number of sulfonamides is 1. The molecule has 0 saturated carbocycles. The summed E-state index contributed by atoms with van der Waals surface area (Å²) < 4.78 is 32.9. The van der Waals surface area contributed by atoms with Gasteiger partial charge in [0, 0.05) is 38.4 Å². The van der Waals surface area contributed by atoms with Gasteiger partial charge in [-0.05, 0) is 35.9 Å². The zero-order valence-corrected chi connectivity index (χ0v) is 22.5. The summed E-state index contributed by atoms with van der Waals surface area (Å²) in [6.07, 6.45) is 0. The minimum absolute atomic E-state index is 0.0335. The lowest BCUT2D eigenvalue weighted by atomic mass is 10.2. The summed E-state index contributed by atoms with van der Waals surface area (Å²) >= 11 is 6.13. The van der Waals surface area contributed by atoms with Gasteiger partial charge in [-0.3, -0.25) is 10.1 Å². The summed E-state index contributed by atoms with van der Waals surface area (Å²) in [4.78, 5) is 38.6. The Kier molecular flexibility index (Phi) is 9.18. The second-order valence-electron chi connectivity index (χ2n) is 8.66. The molecule has 0 aromatic heterocycles. The summed E-state index contributed by atoms with van der Waals surface area (Å²) in [6.45, 7) is 1.02. The third kappa shape index (κ3) is 7.34. The molecule has 0 spiro atoms. The molecule has 2 N–H and O–H groups in total. The van der Waals surface area contributed by atoms with Crippen molar-refractivity contribution in [3.05, 3.63) is 95.0 Å². The summed E-state index contributed by atoms with van der Waals surface area (Å²) in [5.74, 6) is -1.85. The average molecular weight is 571 g/mol. The van der Waals surface area contributed by atoms with Crippen molar-refractivity contribution in [3.63, 3.8) is 0 Å². The molecule has 3 amide bonds. The molecule has 0 unspecified atom stereocenters. The van der Waals surface area contributed by atoms with E-state index in [0.717, 1.165) is 17.3 Å². The zero-order valence-electron chi connectivity index (χ0n) is 20.9. The van der Waals surface area contributed by atoms with Gasteiger partial charge in [-0.1, -0.05) is 60.1 Å². The third-order valence-corrected chi connectivity index (χ3v) is 8.26. The highest BCUT2D eigenvalue weighted by Crippen LogP contribution is 2.25. The smallest absolute Gasteiger partial charge is 0.340 e.